The largest absolute Gasteiger partial charge is 0.506 e. The Hall–Kier alpha value is -1.80. The number of phenols is 1. The molecule has 1 saturated heterocycles. The van der Waals surface area contributed by atoms with E-state index in [9.17, 15) is 18.3 Å². The van der Waals surface area contributed by atoms with Gasteiger partial charge in [0, 0.05) is 6.54 Å². The lowest BCUT2D eigenvalue weighted by Gasteiger charge is -2.22. The number of sulfonamides is 1. The van der Waals surface area contributed by atoms with Crippen molar-refractivity contribution in [3.63, 3.8) is 0 Å². The Bertz CT molecular complexity index is 644. The maximum atomic E-state index is 12.6. The number of ether oxygens (including phenoxy) is 1. The minimum atomic E-state index is -3.85. The molecule has 3 N–H and O–H groups in total. The highest BCUT2D eigenvalue weighted by Gasteiger charge is 2.40. The molecule has 1 fully saturated rings. The number of carbonyl (C=O) groups is 1. The molecule has 1 aliphatic rings. The summed E-state index contributed by atoms with van der Waals surface area (Å²) in [6.45, 7) is 2.13. The van der Waals surface area contributed by atoms with Gasteiger partial charge in [-0.05, 0) is 38.0 Å². The molecule has 2 rings (SSSR count). The van der Waals surface area contributed by atoms with Crippen LogP contribution in [0.5, 0.6) is 5.75 Å². The first-order valence-electron chi connectivity index (χ1n) is 6.65. The van der Waals surface area contributed by atoms with E-state index in [2.05, 4.69) is 0 Å². The van der Waals surface area contributed by atoms with Crippen LogP contribution in [-0.2, 0) is 19.6 Å². The van der Waals surface area contributed by atoms with Crippen molar-refractivity contribution >= 4 is 21.7 Å². The first-order valence-corrected chi connectivity index (χ1v) is 8.09. The molecule has 0 aliphatic carbocycles. The standard InChI is InChI=1S/C13H18N2O5S/c1-2-20-13(17)11-4-3-7-15(11)21(18,19)9-5-6-12(16)10(14)8-9/h5-6,8,11,16H,2-4,7,14H2,1H3. The summed E-state index contributed by atoms with van der Waals surface area (Å²) in [6, 6.07) is 2.87. The number of anilines is 1. The number of carbonyl (C=O) groups excluding carboxylic acids is 1. The molecule has 0 radical (unpaired) electrons. The highest BCUT2D eigenvalue weighted by Crippen LogP contribution is 2.30. The summed E-state index contributed by atoms with van der Waals surface area (Å²) in [5, 5.41) is 9.38. The summed E-state index contributed by atoms with van der Waals surface area (Å²) < 4.78 is 31.3. The second-order valence-corrected chi connectivity index (χ2v) is 6.64. The predicted octanol–water partition coefficient (Wildman–Crippen LogP) is 0.691. The fourth-order valence-corrected chi connectivity index (χ4v) is 4.01. The Labute approximate surface area is 123 Å². The maximum absolute atomic E-state index is 12.6. The van der Waals surface area contributed by atoms with E-state index in [0.29, 0.717) is 12.8 Å². The van der Waals surface area contributed by atoms with Gasteiger partial charge in [-0.15, -0.1) is 0 Å². The van der Waals surface area contributed by atoms with Crippen molar-refractivity contribution in [1.29, 1.82) is 0 Å². The van der Waals surface area contributed by atoms with Gasteiger partial charge in [-0.2, -0.15) is 4.31 Å². The van der Waals surface area contributed by atoms with Crippen LogP contribution in [0.1, 0.15) is 19.8 Å². The molecule has 21 heavy (non-hydrogen) atoms. The first-order chi connectivity index (χ1) is 9.87. The Morgan fingerprint density at radius 1 is 1.52 bits per heavy atom. The molecule has 8 heteroatoms. The maximum Gasteiger partial charge on any atom is 0.324 e. The number of hydrogen-bond donors (Lipinski definition) is 2. The number of hydrogen-bond acceptors (Lipinski definition) is 6. The molecule has 0 amide bonds. The second kappa shape index (κ2) is 5.90. The number of esters is 1. The van der Waals surface area contributed by atoms with E-state index in [1.165, 1.54) is 18.2 Å². The molecule has 1 aliphatic heterocycles. The van der Waals surface area contributed by atoms with Crippen molar-refractivity contribution in [1.82, 2.24) is 4.31 Å². The Kier molecular flexibility index (Phi) is 4.38. The van der Waals surface area contributed by atoms with E-state index in [1.807, 2.05) is 0 Å². The van der Waals surface area contributed by atoms with Crippen LogP contribution in [0.25, 0.3) is 0 Å². The number of benzene rings is 1. The van der Waals surface area contributed by atoms with Gasteiger partial charge in [0.15, 0.2) is 0 Å². The van der Waals surface area contributed by atoms with E-state index >= 15 is 0 Å². The Morgan fingerprint density at radius 2 is 2.24 bits per heavy atom. The average molecular weight is 314 g/mol. The number of aromatic hydroxyl groups is 1. The molecule has 1 unspecified atom stereocenters. The van der Waals surface area contributed by atoms with Crippen molar-refractivity contribution in [3.05, 3.63) is 18.2 Å². The third kappa shape index (κ3) is 2.96. The predicted molar refractivity (Wildman–Crippen MR) is 76.1 cm³/mol. The summed E-state index contributed by atoms with van der Waals surface area (Å²) in [4.78, 5) is 11.8. The fraction of sp³-hybridized carbons (Fsp3) is 0.462. The summed E-state index contributed by atoms with van der Waals surface area (Å²) in [7, 11) is -3.85. The van der Waals surface area contributed by atoms with E-state index < -0.39 is 22.0 Å². The van der Waals surface area contributed by atoms with Crippen molar-refractivity contribution < 1.29 is 23.1 Å². The van der Waals surface area contributed by atoms with Crippen molar-refractivity contribution in [2.24, 2.45) is 0 Å². The van der Waals surface area contributed by atoms with Crippen molar-refractivity contribution in [2.75, 3.05) is 18.9 Å². The summed E-state index contributed by atoms with van der Waals surface area (Å²) >= 11 is 0. The van der Waals surface area contributed by atoms with Gasteiger partial charge in [0.1, 0.15) is 11.8 Å². The van der Waals surface area contributed by atoms with Gasteiger partial charge in [0.2, 0.25) is 10.0 Å². The Morgan fingerprint density at radius 3 is 2.86 bits per heavy atom. The van der Waals surface area contributed by atoms with E-state index in [4.69, 9.17) is 10.5 Å². The molecular weight excluding hydrogens is 296 g/mol. The van der Waals surface area contributed by atoms with E-state index in [1.54, 1.807) is 6.92 Å². The van der Waals surface area contributed by atoms with Crippen LogP contribution in [0.2, 0.25) is 0 Å². The van der Waals surface area contributed by atoms with E-state index in [-0.39, 0.29) is 29.5 Å². The number of nitrogens with two attached hydrogens (primary N) is 1. The van der Waals surface area contributed by atoms with Crippen LogP contribution >= 0.6 is 0 Å². The molecule has 1 aromatic rings. The van der Waals surface area contributed by atoms with Crippen molar-refractivity contribution in [2.45, 2.75) is 30.7 Å². The highest BCUT2D eigenvalue weighted by atomic mass is 32.2. The second-order valence-electron chi connectivity index (χ2n) is 4.75. The van der Waals surface area contributed by atoms with Crippen LogP contribution in [-0.4, -0.2) is 43.0 Å². The zero-order valence-electron chi connectivity index (χ0n) is 11.7. The number of nitrogens with zero attached hydrogens (tertiary/aromatic N) is 1. The molecule has 1 heterocycles. The molecule has 0 saturated carbocycles. The summed E-state index contributed by atoms with van der Waals surface area (Å²) in [5.41, 5.74) is 5.51. The van der Waals surface area contributed by atoms with Crippen molar-refractivity contribution in [3.8, 4) is 5.75 Å². The quantitative estimate of drug-likeness (QED) is 0.481. The SMILES string of the molecule is CCOC(=O)C1CCCN1S(=O)(=O)c1ccc(O)c(N)c1. The topological polar surface area (TPSA) is 110 Å². The number of nitrogen functional groups attached to an aromatic ring is 1. The minimum absolute atomic E-state index is 0.0250. The molecule has 0 spiro atoms. The molecule has 0 bridgehead atoms. The lowest BCUT2D eigenvalue weighted by molar-refractivity contribution is -0.146. The Balaban J connectivity index is 2.33. The molecule has 0 aromatic heterocycles. The van der Waals surface area contributed by atoms with Crippen LogP contribution in [0.4, 0.5) is 5.69 Å². The van der Waals surface area contributed by atoms with Crippen LogP contribution in [0.15, 0.2) is 23.1 Å². The normalized spacial score (nSPS) is 19.6. The zero-order valence-corrected chi connectivity index (χ0v) is 12.5. The highest BCUT2D eigenvalue weighted by molar-refractivity contribution is 7.89. The molecule has 1 aromatic carbocycles. The van der Waals surface area contributed by atoms with Gasteiger partial charge >= 0.3 is 5.97 Å². The van der Waals surface area contributed by atoms with Gasteiger partial charge in [0.25, 0.3) is 0 Å². The zero-order chi connectivity index (χ0) is 15.6. The summed E-state index contributed by atoms with van der Waals surface area (Å²) in [5.74, 6) is -0.720. The first kappa shape index (κ1) is 15.6. The number of phenolic OH excluding ortho intramolecular Hbond substituents is 1. The van der Waals surface area contributed by atoms with Gasteiger partial charge in [-0.25, -0.2) is 8.42 Å². The van der Waals surface area contributed by atoms with Gasteiger partial charge in [-0.1, -0.05) is 0 Å². The monoisotopic (exact) mass is 314 g/mol. The third-order valence-corrected chi connectivity index (χ3v) is 5.27. The smallest absolute Gasteiger partial charge is 0.324 e. The lowest BCUT2D eigenvalue weighted by Crippen LogP contribution is -2.41. The molecule has 1 atom stereocenters. The fourth-order valence-electron chi connectivity index (χ4n) is 2.33. The average Bonchev–Trinajstić information content (AvgIpc) is 2.92. The summed E-state index contributed by atoms with van der Waals surface area (Å²) in [6.07, 6.45) is 1.03. The minimum Gasteiger partial charge on any atom is -0.506 e. The number of rotatable bonds is 4. The van der Waals surface area contributed by atoms with Gasteiger partial charge < -0.3 is 15.6 Å². The van der Waals surface area contributed by atoms with Crippen LogP contribution in [0, 0.1) is 0 Å². The molecule has 7 nitrogen and oxygen atoms in total. The molecule has 116 valence electrons. The van der Waals surface area contributed by atoms with E-state index in [0.717, 1.165) is 4.31 Å². The van der Waals surface area contributed by atoms with Crippen LogP contribution < -0.4 is 5.73 Å². The van der Waals surface area contributed by atoms with Crippen LogP contribution in [0.3, 0.4) is 0 Å². The van der Waals surface area contributed by atoms with Gasteiger partial charge in [0.05, 0.1) is 17.2 Å². The van der Waals surface area contributed by atoms with Gasteiger partial charge in [-0.3, -0.25) is 4.79 Å². The molecular formula is C13H18N2O5S. The lowest BCUT2D eigenvalue weighted by atomic mass is 10.2. The third-order valence-electron chi connectivity index (χ3n) is 3.37.